The molecule has 0 bridgehead atoms. The lowest BCUT2D eigenvalue weighted by atomic mass is 10.1. The van der Waals surface area contributed by atoms with E-state index in [1.165, 1.54) is 12.1 Å². The highest BCUT2D eigenvalue weighted by atomic mass is 19.1. The third kappa shape index (κ3) is 2.68. The summed E-state index contributed by atoms with van der Waals surface area (Å²) in [6, 6.07) is 3.40. The molecular formula is C13H16FN3O2. The maximum absolute atomic E-state index is 13.8. The minimum atomic E-state index is -0.734. The molecule has 0 radical (unpaired) electrons. The Bertz CT molecular complexity index is 505. The van der Waals surface area contributed by atoms with Gasteiger partial charge in [0, 0.05) is 18.6 Å². The van der Waals surface area contributed by atoms with Crippen LogP contribution in [0.4, 0.5) is 4.39 Å². The van der Waals surface area contributed by atoms with Crippen LogP contribution in [0.1, 0.15) is 30.3 Å². The average molecular weight is 265 g/mol. The van der Waals surface area contributed by atoms with Gasteiger partial charge in [0.25, 0.3) is 11.9 Å². The van der Waals surface area contributed by atoms with Gasteiger partial charge in [-0.3, -0.25) is 4.79 Å². The molecule has 102 valence electrons. The van der Waals surface area contributed by atoms with Crippen LogP contribution in [0, 0.1) is 5.95 Å². The minimum Gasteiger partial charge on any atom is -0.483 e. The zero-order chi connectivity index (χ0) is 13.4. The van der Waals surface area contributed by atoms with Gasteiger partial charge in [-0.25, -0.2) is 4.98 Å². The number of nitrogens with zero attached hydrogens (tertiary/aromatic N) is 1. The molecule has 1 aromatic rings. The molecular weight excluding hydrogens is 249 g/mol. The van der Waals surface area contributed by atoms with Crippen molar-refractivity contribution in [3.8, 4) is 5.75 Å². The third-order valence-electron chi connectivity index (χ3n) is 3.44. The van der Waals surface area contributed by atoms with E-state index in [0.717, 1.165) is 12.8 Å². The normalized spacial score (nSPS) is 25.6. The van der Waals surface area contributed by atoms with Crippen molar-refractivity contribution in [1.82, 2.24) is 15.6 Å². The molecule has 2 N–H and O–H groups in total. The van der Waals surface area contributed by atoms with Crippen molar-refractivity contribution in [2.75, 3.05) is 6.54 Å². The number of ether oxygens (including phenoxy) is 1. The first kappa shape index (κ1) is 12.3. The number of hydrogen-bond donors (Lipinski definition) is 2. The van der Waals surface area contributed by atoms with Gasteiger partial charge in [0.15, 0.2) is 5.75 Å². The summed E-state index contributed by atoms with van der Waals surface area (Å²) in [5, 5.41) is 5.89. The SMILES string of the molecule is C[C@H]1NC[C@@H]1Oc1ccc(C(=O)NC2CC2)nc1F. The molecule has 2 fully saturated rings. The molecule has 1 saturated carbocycles. The highest BCUT2D eigenvalue weighted by molar-refractivity contribution is 5.92. The van der Waals surface area contributed by atoms with Crippen LogP contribution in [0.25, 0.3) is 0 Å². The van der Waals surface area contributed by atoms with Crippen LogP contribution >= 0.6 is 0 Å². The second-order valence-corrected chi connectivity index (χ2v) is 5.09. The zero-order valence-electron chi connectivity index (χ0n) is 10.6. The number of pyridine rings is 1. The fourth-order valence-electron chi connectivity index (χ4n) is 1.88. The second-order valence-electron chi connectivity index (χ2n) is 5.09. The molecule has 0 unspecified atom stereocenters. The van der Waals surface area contributed by atoms with Crippen molar-refractivity contribution in [1.29, 1.82) is 0 Å². The Kier molecular flexibility index (Phi) is 3.10. The first-order valence-corrected chi connectivity index (χ1v) is 6.51. The maximum Gasteiger partial charge on any atom is 0.270 e. The van der Waals surface area contributed by atoms with Crippen LogP contribution in [-0.2, 0) is 0 Å². The van der Waals surface area contributed by atoms with Gasteiger partial charge in [0.1, 0.15) is 11.8 Å². The molecule has 2 heterocycles. The summed E-state index contributed by atoms with van der Waals surface area (Å²) in [4.78, 5) is 15.4. The molecule has 5 nitrogen and oxygen atoms in total. The summed E-state index contributed by atoms with van der Waals surface area (Å²) in [7, 11) is 0. The van der Waals surface area contributed by atoms with Gasteiger partial charge in [-0.05, 0) is 31.9 Å². The van der Waals surface area contributed by atoms with Crippen LogP contribution < -0.4 is 15.4 Å². The van der Waals surface area contributed by atoms with Crippen molar-refractivity contribution in [3.63, 3.8) is 0 Å². The lowest BCUT2D eigenvalue weighted by molar-refractivity contribution is 0.0878. The van der Waals surface area contributed by atoms with Crippen molar-refractivity contribution in [2.45, 2.75) is 38.0 Å². The van der Waals surface area contributed by atoms with E-state index in [9.17, 15) is 9.18 Å². The van der Waals surface area contributed by atoms with Crippen LogP contribution in [0.5, 0.6) is 5.75 Å². The number of rotatable bonds is 4. The van der Waals surface area contributed by atoms with Gasteiger partial charge in [0.2, 0.25) is 0 Å². The summed E-state index contributed by atoms with van der Waals surface area (Å²) in [5.41, 5.74) is 0.0940. The smallest absolute Gasteiger partial charge is 0.270 e. The summed E-state index contributed by atoms with van der Waals surface area (Å²) in [5.74, 6) is -0.963. The Balaban J connectivity index is 1.67. The molecule has 1 saturated heterocycles. The third-order valence-corrected chi connectivity index (χ3v) is 3.44. The maximum atomic E-state index is 13.8. The van der Waals surface area contributed by atoms with Crippen molar-refractivity contribution < 1.29 is 13.9 Å². The molecule has 0 aromatic carbocycles. The Morgan fingerprint density at radius 3 is 2.84 bits per heavy atom. The van der Waals surface area contributed by atoms with Crippen molar-refractivity contribution >= 4 is 5.91 Å². The molecule has 6 heteroatoms. The van der Waals surface area contributed by atoms with E-state index in [1.54, 1.807) is 0 Å². The average Bonchev–Trinajstić information content (AvgIpc) is 3.19. The predicted octanol–water partition coefficient (Wildman–Crippen LogP) is 0.852. The number of carbonyl (C=O) groups is 1. The monoisotopic (exact) mass is 265 g/mol. The molecule has 19 heavy (non-hydrogen) atoms. The number of aromatic nitrogens is 1. The van der Waals surface area contributed by atoms with E-state index in [-0.39, 0.29) is 35.5 Å². The van der Waals surface area contributed by atoms with Crippen LogP contribution in [0.3, 0.4) is 0 Å². The molecule has 2 aliphatic rings. The van der Waals surface area contributed by atoms with Gasteiger partial charge >= 0.3 is 0 Å². The molecule has 1 aliphatic heterocycles. The van der Waals surface area contributed by atoms with Gasteiger partial charge in [-0.15, -0.1) is 0 Å². The van der Waals surface area contributed by atoms with Gasteiger partial charge in [-0.2, -0.15) is 4.39 Å². The van der Waals surface area contributed by atoms with E-state index in [2.05, 4.69) is 15.6 Å². The second kappa shape index (κ2) is 4.77. The lowest BCUT2D eigenvalue weighted by Crippen LogP contribution is -2.58. The van der Waals surface area contributed by atoms with Crippen LogP contribution in [0.15, 0.2) is 12.1 Å². The summed E-state index contributed by atoms with van der Waals surface area (Å²) in [6.07, 6.45) is 1.94. The largest absolute Gasteiger partial charge is 0.483 e. The van der Waals surface area contributed by atoms with Crippen LogP contribution in [0.2, 0.25) is 0 Å². The summed E-state index contributed by atoms with van der Waals surface area (Å²) >= 11 is 0. The number of carbonyl (C=O) groups excluding carboxylic acids is 1. The standard InChI is InChI=1S/C13H16FN3O2/c1-7-11(6-15-7)19-10-5-4-9(17-12(10)14)13(18)16-8-2-3-8/h4-5,7-8,11,15H,2-3,6H2,1H3,(H,16,18)/t7-,11+/m1/s1. The fraction of sp³-hybridized carbons (Fsp3) is 0.538. The van der Waals surface area contributed by atoms with Crippen LogP contribution in [-0.4, -0.2) is 35.6 Å². The topological polar surface area (TPSA) is 63.2 Å². The van der Waals surface area contributed by atoms with E-state index in [0.29, 0.717) is 6.54 Å². The molecule has 1 aliphatic carbocycles. The molecule has 3 rings (SSSR count). The predicted molar refractivity (Wildman–Crippen MR) is 66.6 cm³/mol. The van der Waals surface area contributed by atoms with E-state index in [4.69, 9.17) is 4.74 Å². The number of nitrogens with one attached hydrogen (secondary N) is 2. The Hall–Kier alpha value is -1.69. The highest BCUT2D eigenvalue weighted by Gasteiger charge is 2.29. The zero-order valence-corrected chi connectivity index (χ0v) is 10.6. The highest BCUT2D eigenvalue weighted by Crippen LogP contribution is 2.21. The Labute approximate surface area is 110 Å². The quantitative estimate of drug-likeness (QED) is 0.792. The summed E-state index contributed by atoms with van der Waals surface area (Å²) in [6.45, 7) is 2.67. The first-order valence-electron chi connectivity index (χ1n) is 6.51. The summed E-state index contributed by atoms with van der Waals surface area (Å²) < 4.78 is 19.3. The van der Waals surface area contributed by atoms with Gasteiger partial charge in [-0.1, -0.05) is 0 Å². The lowest BCUT2D eigenvalue weighted by Gasteiger charge is -2.35. The van der Waals surface area contributed by atoms with E-state index in [1.807, 2.05) is 6.92 Å². The fourth-order valence-corrected chi connectivity index (χ4v) is 1.88. The molecule has 1 aromatic heterocycles. The Morgan fingerprint density at radius 1 is 1.53 bits per heavy atom. The van der Waals surface area contributed by atoms with Gasteiger partial charge < -0.3 is 15.4 Å². The first-order chi connectivity index (χ1) is 9.13. The van der Waals surface area contributed by atoms with E-state index >= 15 is 0 Å². The van der Waals surface area contributed by atoms with Crippen molar-refractivity contribution in [2.24, 2.45) is 0 Å². The Morgan fingerprint density at radius 2 is 2.32 bits per heavy atom. The molecule has 0 spiro atoms. The van der Waals surface area contributed by atoms with E-state index < -0.39 is 5.95 Å². The van der Waals surface area contributed by atoms with Gasteiger partial charge in [0.05, 0.1) is 0 Å². The number of halogens is 1. The molecule has 2 atom stereocenters. The minimum absolute atomic E-state index is 0.0394. The van der Waals surface area contributed by atoms with Crippen molar-refractivity contribution in [3.05, 3.63) is 23.8 Å². The number of hydrogen-bond acceptors (Lipinski definition) is 4. The molecule has 1 amide bonds. The number of amides is 1.